The smallest absolute Gasteiger partial charge is 0.0268 e. The van der Waals surface area contributed by atoms with Gasteiger partial charge in [-0.3, -0.25) is 0 Å². The van der Waals surface area contributed by atoms with E-state index in [9.17, 15) is 0 Å². The number of hydrogen-bond acceptors (Lipinski definition) is 0. The first-order chi connectivity index (χ1) is 3.18. The van der Waals surface area contributed by atoms with Gasteiger partial charge in [0.2, 0.25) is 0 Å². The predicted octanol–water partition coefficient (Wildman–Crippen LogP) is 2.76. The second-order valence-corrected chi connectivity index (χ2v) is 4.10. The Labute approximate surface area is 61.9 Å². The van der Waals surface area contributed by atoms with Crippen molar-refractivity contribution in [3.63, 3.8) is 0 Å². The van der Waals surface area contributed by atoms with Gasteiger partial charge >= 0.3 is 0 Å². The van der Waals surface area contributed by atoms with Crippen molar-refractivity contribution < 1.29 is 0 Å². The minimum Gasteiger partial charge on any atom is -0.0882 e. The third kappa shape index (κ3) is 3.53. The van der Waals surface area contributed by atoms with E-state index >= 15 is 0 Å². The Morgan fingerprint density at radius 1 is 1.57 bits per heavy atom. The van der Waals surface area contributed by atoms with E-state index in [0.717, 1.165) is 6.42 Å². The monoisotopic (exact) mass is 227 g/mol. The van der Waals surface area contributed by atoms with Gasteiger partial charge in [-0.1, -0.05) is 45.7 Å². The lowest BCUT2D eigenvalue weighted by molar-refractivity contribution is 0.878. The summed E-state index contributed by atoms with van der Waals surface area (Å²) in [7, 11) is 0. The van der Waals surface area contributed by atoms with Crippen molar-refractivity contribution in [1.29, 1.82) is 0 Å². The lowest BCUT2D eigenvalue weighted by atomic mass is 10.3. The molecule has 0 saturated heterocycles. The molecule has 0 bridgehead atoms. The van der Waals surface area contributed by atoms with Crippen LogP contribution >= 0.6 is 31.9 Å². The van der Waals surface area contributed by atoms with Gasteiger partial charge in [0.05, 0.1) is 0 Å². The summed E-state index contributed by atoms with van der Waals surface area (Å²) in [5, 5.41) is 0. The zero-order valence-corrected chi connectivity index (χ0v) is 7.50. The third-order valence-corrected chi connectivity index (χ3v) is 3.37. The zero-order chi connectivity index (χ0) is 5.86. The van der Waals surface area contributed by atoms with Gasteiger partial charge < -0.3 is 0 Å². The highest BCUT2D eigenvalue weighted by molar-refractivity contribution is 9.12. The van der Waals surface area contributed by atoms with Gasteiger partial charge in [-0.05, 0) is 6.42 Å². The lowest BCUT2D eigenvalue weighted by Gasteiger charge is -2.06. The largest absolute Gasteiger partial charge is 0.0882 e. The Morgan fingerprint density at radius 2 is 2.00 bits per heavy atom. The first-order valence-corrected chi connectivity index (χ1v) is 4.09. The second kappa shape index (κ2) is 3.90. The highest BCUT2D eigenvalue weighted by atomic mass is 79.9. The average Bonchev–Trinajstić information content (AvgIpc) is 1.65. The predicted molar refractivity (Wildman–Crippen MR) is 41.1 cm³/mol. The summed E-state index contributed by atoms with van der Waals surface area (Å²) in [6.07, 6.45) is 0.937. The summed E-state index contributed by atoms with van der Waals surface area (Å²) in [5.41, 5.74) is 0. The van der Waals surface area contributed by atoms with Crippen LogP contribution in [0, 0.1) is 6.92 Å². The van der Waals surface area contributed by atoms with Crippen molar-refractivity contribution in [3.05, 3.63) is 6.92 Å². The molecule has 0 saturated carbocycles. The molecule has 2 atom stereocenters. The van der Waals surface area contributed by atoms with Crippen molar-refractivity contribution >= 4 is 31.9 Å². The molecule has 0 spiro atoms. The van der Waals surface area contributed by atoms with Crippen LogP contribution in [0.3, 0.4) is 0 Å². The molecule has 0 aromatic heterocycles. The lowest BCUT2D eigenvalue weighted by Crippen LogP contribution is -2.06. The van der Waals surface area contributed by atoms with Crippen LogP contribution in [0.1, 0.15) is 13.3 Å². The molecule has 0 amide bonds. The van der Waals surface area contributed by atoms with Crippen molar-refractivity contribution in [2.24, 2.45) is 0 Å². The molecule has 2 heteroatoms. The van der Waals surface area contributed by atoms with E-state index in [1.807, 2.05) is 0 Å². The fraction of sp³-hybridized carbons (Fsp3) is 0.800. The number of halogens is 2. The molecule has 7 heavy (non-hydrogen) atoms. The zero-order valence-electron chi connectivity index (χ0n) is 4.32. The highest BCUT2D eigenvalue weighted by Gasteiger charge is 2.05. The Balaban J connectivity index is 3.14. The topological polar surface area (TPSA) is 0 Å². The SMILES string of the molecule is [CH2]CC(Br)C(C)Br. The van der Waals surface area contributed by atoms with E-state index in [4.69, 9.17) is 0 Å². The quantitative estimate of drug-likeness (QED) is 0.638. The molecule has 0 aliphatic carbocycles. The molecule has 0 nitrogen and oxygen atoms in total. The molecule has 0 rings (SSSR count). The molecule has 1 radical (unpaired) electrons. The highest BCUT2D eigenvalue weighted by Crippen LogP contribution is 2.15. The summed E-state index contributed by atoms with van der Waals surface area (Å²) >= 11 is 6.84. The van der Waals surface area contributed by atoms with E-state index in [0.29, 0.717) is 9.65 Å². The van der Waals surface area contributed by atoms with E-state index in [-0.39, 0.29) is 0 Å². The molecule has 0 aromatic rings. The first-order valence-electron chi connectivity index (χ1n) is 2.26. The fourth-order valence-corrected chi connectivity index (χ4v) is 0.494. The third-order valence-electron chi connectivity index (χ3n) is 0.774. The van der Waals surface area contributed by atoms with Crippen LogP contribution in [0.5, 0.6) is 0 Å². The van der Waals surface area contributed by atoms with Crippen LogP contribution in [0.15, 0.2) is 0 Å². The number of hydrogen-bond donors (Lipinski definition) is 0. The van der Waals surface area contributed by atoms with Crippen molar-refractivity contribution in [1.82, 2.24) is 0 Å². The average molecular weight is 229 g/mol. The maximum absolute atomic E-state index is 3.73. The fourth-order valence-electron chi connectivity index (χ4n) is 0.230. The van der Waals surface area contributed by atoms with Crippen LogP contribution in [0.25, 0.3) is 0 Å². The van der Waals surface area contributed by atoms with Gasteiger partial charge in [-0.25, -0.2) is 0 Å². The Morgan fingerprint density at radius 3 is 2.00 bits per heavy atom. The maximum Gasteiger partial charge on any atom is 0.0268 e. The van der Waals surface area contributed by atoms with Crippen LogP contribution in [-0.2, 0) is 0 Å². The molecule has 43 valence electrons. The summed E-state index contributed by atoms with van der Waals surface area (Å²) in [4.78, 5) is 1.05. The van der Waals surface area contributed by atoms with Gasteiger partial charge in [-0.2, -0.15) is 0 Å². The molecular formula is C5H9Br2. The summed E-state index contributed by atoms with van der Waals surface area (Å²) < 4.78 is 0. The van der Waals surface area contributed by atoms with E-state index < -0.39 is 0 Å². The van der Waals surface area contributed by atoms with E-state index in [2.05, 4.69) is 45.7 Å². The van der Waals surface area contributed by atoms with Crippen LogP contribution in [-0.4, -0.2) is 9.65 Å². The molecule has 0 aliphatic heterocycles. The summed E-state index contributed by atoms with van der Waals surface area (Å²) in [6, 6.07) is 0. The Kier molecular flexibility index (Phi) is 4.44. The van der Waals surface area contributed by atoms with Crippen LogP contribution < -0.4 is 0 Å². The normalized spacial score (nSPS) is 18.9. The van der Waals surface area contributed by atoms with Gasteiger partial charge in [0.15, 0.2) is 0 Å². The van der Waals surface area contributed by atoms with Gasteiger partial charge in [0, 0.05) is 9.65 Å². The van der Waals surface area contributed by atoms with Crippen molar-refractivity contribution in [3.8, 4) is 0 Å². The summed E-state index contributed by atoms with van der Waals surface area (Å²) in [5.74, 6) is 0. The number of alkyl halides is 2. The Bertz CT molecular complexity index is 43.3. The van der Waals surface area contributed by atoms with E-state index in [1.54, 1.807) is 0 Å². The number of rotatable bonds is 2. The van der Waals surface area contributed by atoms with Crippen molar-refractivity contribution in [2.45, 2.75) is 23.0 Å². The standard InChI is InChI=1S/C5H9Br2/c1-3-5(7)4(2)6/h4-5H,1,3H2,2H3. The minimum atomic E-state index is 0.521. The van der Waals surface area contributed by atoms with Crippen LogP contribution in [0.4, 0.5) is 0 Å². The van der Waals surface area contributed by atoms with Gasteiger partial charge in [0.1, 0.15) is 0 Å². The molecule has 0 heterocycles. The first kappa shape index (κ1) is 7.96. The summed E-state index contributed by atoms with van der Waals surface area (Å²) in [6.45, 7) is 5.83. The molecular weight excluding hydrogens is 220 g/mol. The molecule has 0 aliphatic rings. The van der Waals surface area contributed by atoms with Crippen molar-refractivity contribution in [2.75, 3.05) is 0 Å². The minimum absolute atomic E-state index is 0.521. The molecule has 0 aromatic carbocycles. The van der Waals surface area contributed by atoms with Gasteiger partial charge in [-0.15, -0.1) is 0 Å². The maximum atomic E-state index is 3.73. The molecule has 2 unspecified atom stereocenters. The Hall–Kier alpha value is 0.960. The molecule has 0 fully saturated rings. The van der Waals surface area contributed by atoms with E-state index in [1.165, 1.54) is 0 Å². The van der Waals surface area contributed by atoms with Gasteiger partial charge in [0.25, 0.3) is 0 Å². The second-order valence-electron chi connectivity index (χ2n) is 1.48. The van der Waals surface area contributed by atoms with Crippen LogP contribution in [0.2, 0.25) is 0 Å². The molecule has 0 N–H and O–H groups in total.